The summed E-state index contributed by atoms with van der Waals surface area (Å²) >= 11 is 0. The van der Waals surface area contributed by atoms with Crippen LogP contribution in [0.3, 0.4) is 0 Å². The number of nitrogens with one attached hydrogen (secondary N) is 1. The molecule has 2 aliphatic rings. The molecule has 3 atom stereocenters. The highest BCUT2D eigenvalue weighted by molar-refractivity contribution is 5.76. The lowest BCUT2D eigenvalue weighted by Gasteiger charge is -2.35. The first-order valence-corrected chi connectivity index (χ1v) is 7.74. The minimum Gasteiger partial charge on any atom is -0.481 e. The maximum absolute atomic E-state index is 12.2. The molecule has 3 unspecified atom stereocenters. The van der Waals surface area contributed by atoms with Crippen LogP contribution in [0.2, 0.25) is 0 Å². The number of hydrogen-bond acceptors (Lipinski definition) is 2. The zero-order valence-electron chi connectivity index (χ0n) is 12.5. The lowest BCUT2D eigenvalue weighted by atomic mass is 9.91. The highest BCUT2D eigenvalue weighted by Gasteiger charge is 2.32. The Morgan fingerprint density at radius 2 is 2.05 bits per heavy atom. The van der Waals surface area contributed by atoms with Crippen LogP contribution < -0.4 is 5.32 Å². The van der Waals surface area contributed by atoms with E-state index in [0.29, 0.717) is 19.5 Å². The Hall–Kier alpha value is -1.26. The number of amides is 2. The molecule has 1 aliphatic heterocycles. The van der Waals surface area contributed by atoms with Gasteiger partial charge in [-0.2, -0.15) is 0 Å². The van der Waals surface area contributed by atoms with Crippen molar-refractivity contribution in [1.82, 2.24) is 10.2 Å². The van der Waals surface area contributed by atoms with E-state index >= 15 is 0 Å². The minimum atomic E-state index is -0.795. The van der Waals surface area contributed by atoms with Crippen LogP contribution in [0.25, 0.3) is 0 Å². The molecule has 0 aromatic heterocycles. The highest BCUT2D eigenvalue weighted by Crippen LogP contribution is 2.33. The first-order valence-electron chi connectivity index (χ1n) is 7.74. The minimum absolute atomic E-state index is 0.105. The van der Waals surface area contributed by atoms with Crippen LogP contribution in [0.5, 0.6) is 0 Å². The Bertz CT molecular complexity index is 368. The summed E-state index contributed by atoms with van der Waals surface area (Å²) in [6, 6.07) is 0.0645. The van der Waals surface area contributed by atoms with E-state index in [1.807, 2.05) is 13.8 Å². The zero-order valence-corrected chi connectivity index (χ0v) is 12.5. The Morgan fingerprint density at radius 1 is 1.35 bits per heavy atom. The molecule has 0 aromatic rings. The largest absolute Gasteiger partial charge is 0.481 e. The van der Waals surface area contributed by atoms with Crippen LogP contribution >= 0.6 is 0 Å². The number of carboxylic acids is 1. The van der Waals surface area contributed by atoms with Gasteiger partial charge in [-0.15, -0.1) is 0 Å². The van der Waals surface area contributed by atoms with Crippen molar-refractivity contribution < 1.29 is 14.7 Å². The van der Waals surface area contributed by atoms with Gasteiger partial charge in [-0.05, 0) is 38.0 Å². The number of rotatable bonds is 5. The molecule has 20 heavy (non-hydrogen) atoms. The predicted molar refractivity (Wildman–Crippen MR) is 76.4 cm³/mol. The van der Waals surface area contributed by atoms with Crippen LogP contribution in [-0.2, 0) is 4.79 Å². The maximum Gasteiger partial charge on any atom is 0.317 e. The van der Waals surface area contributed by atoms with Gasteiger partial charge >= 0.3 is 12.0 Å². The van der Waals surface area contributed by atoms with Gasteiger partial charge in [0, 0.05) is 19.1 Å². The van der Waals surface area contributed by atoms with Gasteiger partial charge in [0.15, 0.2) is 0 Å². The molecule has 5 nitrogen and oxygen atoms in total. The number of carboxylic acid groups (broad SMARTS) is 1. The molecule has 0 bridgehead atoms. The van der Waals surface area contributed by atoms with E-state index in [1.54, 1.807) is 4.90 Å². The standard InChI is InChI=1S/C15H26N2O3/c1-10-7-13(14(18)19)9-17(8-10)15(20)16-11(2)3-4-12-5-6-12/h10-13H,3-9H2,1-2H3,(H,16,20)(H,18,19). The van der Waals surface area contributed by atoms with Crippen molar-refractivity contribution in [3.63, 3.8) is 0 Å². The monoisotopic (exact) mass is 282 g/mol. The molecule has 1 saturated heterocycles. The van der Waals surface area contributed by atoms with E-state index in [4.69, 9.17) is 5.11 Å². The Morgan fingerprint density at radius 3 is 2.65 bits per heavy atom. The fraction of sp³-hybridized carbons (Fsp3) is 0.867. The summed E-state index contributed by atoms with van der Waals surface area (Å²) in [5.41, 5.74) is 0. The molecule has 1 aliphatic carbocycles. The van der Waals surface area contributed by atoms with Crippen molar-refractivity contribution in [2.24, 2.45) is 17.8 Å². The molecule has 2 N–H and O–H groups in total. The van der Waals surface area contributed by atoms with Crippen molar-refractivity contribution in [3.05, 3.63) is 0 Å². The lowest BCUT2D eigenvalue weighted by molar-refractivity contribution is -0.143. The highest BCUT2D eigenvalue weighted by atomic mass is 16.4. The van der Waals surface area contributed by atoms with Gasteiger partial charge in [0.1, 0.15) is 0 Å². The predicted octanol–water partition coefficient (Wildman–Crippen LogP) is 2.32. The van der Waals surface area contributed by atoms with E-state index in [1.165, 1.54) is 19.3 Å². The van der Waals surface area contributed by atoms with E-state index < -0.39 is 11.9 Å². The third kappa shape index (κ3) is 4.39. The quantitative estimate of drug-likeness (QED) is 0.813. The average molecular weight is 282 g/mol. The molecule has 2 amide bonds. The SMILES string of the molecule is CC1CC(C(=O)O)CN(C(=O)NC(C)CCC2CC2)C1. The van der Waals surface area contributed by atoms with Gasteiger partial charge in [0.05, 0.1) is 5.92 Å². The van der Waals surface area contributed by atoms with E-state index in [2.05, 4.69) is 5.32 Å². The Labute approximate surface area is 120 Å². The van der Waals surface area contributed by atoms with Crippen LogP contribution in [0.1, 0.15) is 46.0 Å². The Balaban J connectivity index is 1.78. The van der Waals surface area contributed by atoms with E-state index in [9.17, 15) is 9.59 Å². The summed E-state index contributed by atoms with van der Waals surface area (Å²) in [5, 5.41) is 12.1. The number of hydrogen-bond donors (Lipinski definition) is 2. The summed E-state index contributed by atoms with van der Waals surface area (Å²) in [5.74, 6) is -0.0967. The average Bonchev–Trinajstić information content (AvgIpc) is 3.19. The molecule has 2 rings (SSSR count). The second kappa shape index (κ2) is 6.46. The Kier molecular flexibility index (Phi) is 4.89. The normalized spacial score (nSPS) is 28.0. The van der Waals surface area contributed by atoms with Crippen LogP contribution in [0.4, 0.5) is 4.79 Å². The molecule has 114 valence electrons. The van der Waals surface area contributed by atoms with Gasteiger partial charge in [0.2, 0.25) is 0 Å². The summed E-state index contributed by atoms with van der Waals surface area (Å²) in [6.07, 6.45) is 5.54. The molecule has 2 fully saturated rings. The summed E-state index contributed by atoms with van der Waals surface area (Å²) < 4.78 is 0. The second-order valence-corrected chi connectivity index (χ2v) is 6.65. The van der Waals surface area contributed by atoms with Crippen LogP contribution in [-0.4, -0.2) is 41.1 Å². The van der Waals surface area contributed by atoms with Gasteiger partial charge in [-0.25, -0.2) is 4.79 Å². The van der Waals surface area contributed by atoms with Gasteiger partial charge in [-0.3, -0.25) is 4.79 Å². The van der Waals surface area contributed by atoms with E-state index in [-0.39, 0.29) is 18.0 Å². The molecule has 5 heteroatoms. The van der Waals surface area contributed by atoms with Crippen LogP contribution in [0.15, 0.2) is 0 Å². The van der Waals surface area contributed by atoms with Gasteiger partial charge < -0.3 is 15.3 Å². The number of carbonyl (C=O) groups is 2. The maximum atomic E-state index is 12.2. The van der Waals surface area contributed by atoms with Crippen molar-refractivity contribution >= 4 is 12.0 Å². The number of piperidine rings is 1. The smallest absolute Gasteiger partial charge is 0.317 e. The van der Waals surface area contributed by atoms with E-state index in [0.717, 1.165) is 12.3 Å². The molecule has 0 spiro atoms. The molecule has 0 radical (unpaired) electrons. The molecular formula is C15H26N2O3. The molecule has 0 aromatic carbocycles. The fourth-order valence-corrected chi connectivity index (χ4v) is 2.96. The molecule has 1 saturated carbocycles. The molecular weight excluding hydrogens is 256 g/mol. The van der Waals surface area contributed by atoms with Gasteiger partial charge in [-0.1, -0.05) is 19.8 Å². The number of carbonyl (C=O) groups excluding carboxylic acids is 1. The number of urea groups is 1. The molecule has 1 heterocycles. The fourth-order valence-electron chi connectivity index (χ4n) is 2.96. The summed E-state index contributed by atoms with van der Waals surface area (Å²) in [7, 11) is 0. The van der Waals surface area contributed by atoms with Crippen molar-refractivity contribution in [1.29, 1.82) is 0 Å². The lowest BCUT2D eigenvalue weighted by Crippen LogP contribution is -2.51. The third-order valence-electron chi connectivity index (χ3n) is 4.37. The second-order valence-electron chi connectivity index (χ2n) is 6.65. The van der Waals surface area contributed by atoms with Crippen molar-refractivity contribution in [2.75, 3.05) is 13.1 Å². The number of nitrogens with zero attached hydrogens (tertiary/aromatic N) is 1. The first kappa shape index (κ1) is 15.1. The summed E-state index contributed by atoms with van der Waals surface area (Å²) in [6.45, 7) is 5.03. The third-order valence-corrected chi connectivity index (χ3v) is 4.37. The van der Waals surface area contributed by atoms with Crippen LogP contribution in [0, 0.1) is 17.8 Å². The van der Waals surface area contributed by atoms with Gasteiger partial charge in [0.25, 0.3) is 0 Å². The topological polar surface area (TPSA) is 69.6 Å². The number of likely N-dealkylation sites (tertiary alicyclic amines) is 1. The first-order chi connectivity index (χ1) is 9.45. The number of aliphatic carboxylic acids is 1. The summed E-state index contributed by atoms with van der Waals surface area (Å²) in [4.78, 5) is 25.0. The van der Waals surface area contributed by atoms with Crippen molar-refractivity contribution in [2.45, 2.75) is 52.0 Å². The zero-order chi connectivity index (χ0) is 14.7. The van der Waals surface area contributed by atoms with Crippen molar-refractivity contribution in [3.8, 4) is 0 Å².